The molecule has 43 heavy (non-hydrogen) atoms. The third kappa shape index (κ3) is 5.91. The highest BCUT2D eigenvalue weighted by atomic mass is 19.1. The second kappa shape index (κ2) is 12.0. The number of hydrogen-bond donors (Lipinski definition) is 0. The van der Waals surface area contributed by atoms with E-state index in [0.717, 1.165) is 18.1 Å². The van der Waals surface area contributed by atoms with Crippen molar-refractivity contribution in [2.24, 2.45) is 0 Å². The molecule has 5 aromatic rings. The van der Waals surface area contributed by atoms with Gasteiger partial charge in [0.15, 0.2) is 0 Å². The quantitative estimate of drug-likeness (QED) is 0.213. The van der Waals surface area contributed by atoms with E-state index in [1.54, 1.807) is 36.4 Å². The number of hydrogen-bond acceptors (Lipinski definition) is 8. The van der Waals surface area contributed by atoms with E-state index < -0.39 is 17.6 Å². The summed E-state index contributed by atoms with van der Waals surface area (Å²) in [5.41, 5.74) is 3.30. The molecule has 0 radical (unpaired) electrons. The molecule has 0 spiro atoms. The summed E-state index contributed by atoms with van der Waals surface area (Å²) < 4.78 is 49.1. The Kier molecular flexibility index (Phi) is 7.77. The Morgan fingerprint density at radius 2 is 1.98 bits per heavy atom. The van der Waals surface area contributed by atoms with Crippen LogP contribution >= 0.6 is 0 Å². The van der Waals surface area contributed by atoms with E-state index in [0.29, 0.717) is 46.8 Å². The highest BCUT2D eigenvalue weighted by Gasteiger charge is 2.24. The molecule has 0 aliphatic carbocycles. The zero-order valence-corrected chi connectivity index (χ0v) is 23.1. The van der Waals surface area contributed by atoms with Crippen LogP contribution in [0.2, 0.25) is 0 Å². The molecule has 9 nitrogen and oxygen atoms in total. The Bertz CT molecular complexity index is 1860. The van der Waals surface area contributed by atoms with Crippen molar-refractivity contribution in [3.8, 4) is 23.1 Å². The van der Waals surface area contributed by atoms with Crippen LogP contribution in [0.1, 0.15) is 39.4 Å². The molecule has 0 amide bonds. The van der Waals surface area contributed by atoms with Crippen molar-refractivity contribution >= 4 is 17.0 Å². The highest BCUT2D eigenvalue weighted by molar-refractivity contribution is 5.93. The number of aromatic nitrogens is 4. The first-order chi connectivity index (χ1) is 20.9. The van der Waals surface area contributed by atoms with Gasteiger partial charge in [0.05, 0.1) is 36.4 Å². The minimum Gasteiger partial charge on any atom is -0.473 e. The number of pyridine rings is 2. The number of rotatable bonds is 9. The molecular weight excluding hydrogens is 556 g/mol. The lowest BCUT2D eigenvalue weighted by Gasteiger charge is -2.27. The van der Waals surface area contributed by atoms with Crippen molar-refractivity contribution < 1.29 is 27.8 Å². The summed E-state index contributed by atoms with van der Waals surface area (Å²) in [6.07, 6.45) is 3.86. The molecule has 4 heterocycles. The number of imidazole rings is 1. The number of fused-ring (bicyclic) bond motifs is 1. The summed E-state index contributed by atoms with van der Waals surface area (Å²) in [6.45, 7) is 1.27. The Labute approximate surface area is 245 Å². The fraction of sp³-hybridized carbons (Fsp3) is 0.219. The van der Waals surface area contributed by atoms with Crippen molar-refractivity contribution in [2.45, 2.75) is 32.1 Å². The zero-order chi connectivity index (χ0) is 29.9. The summed E-state index contributed by atoms with van der Waals surface area (Å²) in [7, 11) is 1.31. The predicted molar refractivity (Wildman–Crippen MR) is 151 cm³/mol. The van der Waals surface area contributed by atoms with E-state index in [9.17, 15) is 4.79 Å². The molecule has 11 heteroatoms. The molecule has 0 bridgehead atoms. The molecule has 0 unspecified atom stereocenters. The van der Waals surface area contributed by atoms with Gasteiger partial charge in [-0.2, -0.15) is 5.26 Å². The van der Waals surface area contributed by atoms with Crippen molar-refractivity contribution in [3.05, 3.63) is 107 Å². The Hall–Kier alpha value is -5.21. The van der Waals surface area contributed by atoms with Gasteiger partial charge in [-0.1, -0.05) is 6.07 Å². The summed E-state index contributed by atoms with van der Waals surface area (Å²) in [6, 6.07) is 15.7. The standard InChI is InChI=1S/C32H25F2N5O4/c1-41-32(40)21-3-5-28-29(11-21)39(17-24-7-9-42-24)30(38-28)12-22-10-27(34)25(14-26(22)33)20-6-8-36-31(13-20)43-18-19-2-4-23(15-35)37-16-19/h2-6,8,10-11,13-14,16,24H,7,9,12,17-18H2,1H3/t24-/m0/s1. The number of methoxy groups -OCH3 is 1. The fourth-order valence-corrected chi connectivity index (χ4v) is 4.89. The van der Waals surface area contributed by atoms with E-state index in [-0.39, 0.29) is 36.1 Å². The van der Waals surface area contributed by atoms with Gasteiger partial charge in [0.2, 0.25) is 5.88 Å². The highest BCUT2D eigenvalue weighted by Crippen LogP contribution is 2.30. The maximum Gasteiger partial charge on any atom is 0.337 e. The Morgan fingerprint density at radius 3 is 2.70 bits per heavy atom. The third-order valence-electron chi connectivity index (χ3n) is 7.28. The summed E-state index contributed by atoms with van der Waals surface area (Å²) in [4.78, 5) is 25.0. The Balaban J connectivity index is 1.26. The molecule has 2 aromatic carbocycles. The van der Waals surface area contributed by atoms with Gasteiger partial charge >= 0.3 is 5.97 Å². The monoisotopic (exact) mass is 581 g/mol. The average molecular weight is 582 g/mol. The molecule has 6 rings (SSSR count). The van der Waals surface area contributed by atoms with E-state index in [2.05, 4.69) is 15.0 Å². The van der Waals surface area contributed by atoms with Crippen LogP contribution in [0.4, 0.5) is 8.78 Å². The number of halogens is 2. The van der Waals surface area contributed by atoms with E-state index in [1.165, 1.54) is 31.6 Å². The summed E-state index contributed by atoms with van der Waals surface area (Å²) in [5.74, 6) is -0.925. The molecule has 0 N–H and O–H groups in total. The summed E-state index contributed by atoms with van der Waals surface area (Å²) in [5, 5.41) is 8.89. The first kappa shape index (κ1) is 27.9. The second-order valence-electron chi connectivity index (χ2n) is 10.1. The molecule has 0 saturated carbocycles. The SMILES string of the molecule is COC(=O)c1ccc2nc(Cc3cc(F)c(-c4ccnc(OCc5ccc(C#N)nc5)c4)cc3F)n(C[C@@H]3CCO3)c2c1. The fourth-order valence-electron chi connectivity index (χ4n) is 4.89. The van der Waals surface area contributed by atoms with Gasteiger partial charge in [0, 0.05) is 42.6 Å². The second-order valence-corrected chi connectivity index (χ2v) is 10.1. The largest absolute Gasteiger partial charge is 0.473 e. The molecule has 1 fully saturated rings. The molecule has 1 atom stereocenters. The van der Waals surface area contributed by atoms with Crippen LogP contribution in [0.15, 0.2) is 67.0 Å². The lowest BCUT2D eigenvalue weighted by Crippen LogP contribution is -2.31. The number of benzene rings is 2. The lowest BCUT2D eigenvalue weighted by atomic mass is 10.0. The predicted octanol–water partition coefficient (Wildman–Crippen LogP) is 5.39. The van der Waals surface area contributed by atoms with E-state index in [4.69, 9.17) is 19.5 Å². The van der Waals surface area contributed by atoms with Gasteiger partial charge in [0.1, 0.15) is 35.8 Å². The first-order valence-corrected chi connectivity index (χ1v) is 13.5. The average Bonchev–Trinajstić information content (AvgIpc) is 3.35. The van der Waals surface area contributed by atoms with Gasteiger partial charge in [0.25, 0.3) is 0 Å². The van der Waals surface area contributed by atoms with Crippen LogP contribution in [-0.4, -0.2) is 45.3 Å². The first-order valence-electron chi connectivity index (χ1n) is 13.5. The number of nitrogens with zero attached hydrogens (tertiary/aromatic N) is 5. The van der Waals surface area contributed by atoms with Crippen LogP contribution in [0.25, 0.3) is 22.2 Å². The van der Waals surface area contributed by atoms with E-state index >= 15 is 8.78 Å². The molecule has 1 aliphatic heterocycles. The lowest BCUT2D eigenvalue weighted by molar-refractivity contribution is -0.0589. The number of carbonyl (C=O) groups excluding carboxylic acids is 1. The third-order valence-corrected chi connectivity index (χ3v) is 7.28. The smallest absolute Gasteiger partial charge is 0.337 e. The molecular formula is C32H25F2N5O4. The van der Waals surface area contributed by atoms with Crippen LogP contribution in [0.3, 0.4) is 0 Å². The summed E-state index contributed by atoms with van der Waals surface area (Å²) >= 11 is 0. The molecule has 1 saturated heterocycles. The number of ether oxygens (including phenoxy) is 3. The minimum atomic E-state index is -0.609. The van der Waals surface area contributed by atoms with Gasteiger partial charge in [-0.3, -0.25) is 0 Å². The van der Waals surface area contributed by atoms with Crippen molar-refractivity contribution in [2.75, 3.05) is 13.7 Å². The number of esters is 1. The van der Waals surface area contributed by atoms with Crippen LogP contribution in [0, 0.1) is 23.0 Å². The van der Waals surface area contributed by atoms with Gasteiger partial charge in [-0.05, 0) is 60.0 Å². The number of carbonyl (C=O) groups is 1. The Morgan fingerprint density at radius 1 is 1.12 bits per heavy atom. The van der Waals surface area contributed by atoms with Crippen molar-refractivity contribution in [3.63, 3.8) is 0 Å². The van der Waals surface area contributed by atoms with Crippen LogP contribution in [-0.2, 0) is 29.0 Å². The van der Waals surface area contributed by atoms with Crippen molar-refractivity contribution in [1.82, 2.24) is 19.5 Å². The maximum absolute atomic E-state index is 15.5. The van der Waals surface area contributed by atoms with E-state index in [1.807, 2.05) is 10.6 Å². The molecule has 216 valence electrons. The molecule has 3 aromatic heterocycles. The topological polar surface area (TPSA) is 112 Å². The van der Waals surface area contributed by atoms with Crippen LogP contribution < -0.4 is 4.74 Å². The maximum atomic E-state index is 15.5. The van der Waals surface area contributed by atoms with Gasteiger partial charge in [-0.15, -0.1) is 0 Å². The van der Waals surface area contributed by atoms with Gasteiger partial charge < -0.3 is 18.8 Å². The number of nitriles is 1. The normalized spacial score (nSPS) is 14.2. The minimum absolute atomic E-state index is 0.0291. The molecule has 1 aliphatic rings. The van der Waals surface area contributed by atoms with Gasteiger partial charge in [-0.25, -0.2) is 28.5 Å². The van der Waals surface area contributed by atoms with Crippen molar-refractivity contribution in [1.29, 1.82) is 5.26 Å². The zero-order valence-electron chi connectivity index (χ0n) is 23.1. The van der Waals surface area contributed by atoms with Crippen LogP contribution in [0.5, 0.6) is 5.88 Å².